The summed E-state index contributed by atoms with van der Waals surface area (Å²) in [7, 11) is 1.62. The van der Waals surface area contributed by atoms with Gasteiger partial charge in [-0.15, -0.1) is 0 Å². The fraction of sp³-hybridized carbons (Fsp3) is 0.364. The standard InChI is InChI=1S/C11H13N5O5/c1-15-3-16(8-5(15)9(20)14-11(12)13-8)10-7(19)6(18)4(2-17)21-10/h3,7,10,17,19H,2H2,1H3,(H3-,12,13,14,18,20)/p+1/t7?,10-/m1/s1. The first kappa shape index (κ1) is 13.4. The van der Waals surface area contributed by atoms with Crippen LogP contribution in [-0.4, -0.2) is 42.6 Å². The molecule has 0 bridgehead atoms. The molecule has 6 N–H and O–H groups in total. The van der Waals surface area contributed by atoms with E-state index in [-0.39, 0.29) is 22.9 Å². The number of ether oxygens (including phenoxy) is 1. The summed E-state index contributed by atoms with van der Waals surface area (Å²) in [5, 5.41) is 28.8. The van der Waals surface area contributed by atoms with Gasteiger partial charge in [0.15, 0.2) is 23.9 Å². The lowest BCUT2D eigenvalue weighted by molar-refractivity contribution is -0.743. The van der Waals surface area contributed by atoms with Crippen LogP contribution in [0.25, 0.3) is 11.2 Å². The van der Waals surface area contributed by atoms with E-state index < -0.39 is 30.3 Å². The Kier molecular flexibility index (Phi) is 2.85. The van der Waals surface area contributed by atoms with E-state index in [0.29, 0.717) is 0 Å². The number of fused-ring (bicyclic) bond motifs is 1. The topological polar surface area (TPSA) is 150 Å². The van der Waals surface area contributed by atoms with Crippen LogP contribution >= 0.6 is 0 Å². The van der Waals surface area contributed by atoms with Crippen molar-refractivity contribution in [3.63, 3.8) is 0 Å². The molecule has 0 saturated carbocycles. The second kappa shape index (κ2) is 4.46. The van der Waals surface area contributed by atoms with Crippen LogP contribution in [0.3, 0.4) is 0 Å². The quantitative estimate of drug-likeness (QED) is 0.394. The molecule has 10 heteroatoms. The third kappa shape index (κ3) is 1.84. The maximum Gasteiger partial charge on any atom is 0.314 e. The van der Waals surface area contributed by atoms with Crippen LogP contribution in [0.1, 0.15) is 6.23 Å². The van der Waals surface area contributed by atoms with Crippen molar-refractivity contribution in [3.05, 3.63) is 28.2 Å². The average molecular weight is 296 g/mol. The van der Waals surface area contributed by atoms with Crippen molar-refractivity contribution in [1.29, 1.82) is 0 Å². The smallest absolute Gasteiger partial charge is 0.314 e. The van der Waals surface area contributed by atoms with Crippen molar-refractivity contribution in [2.24, 2.45) is 7.05 Å². The Labute approximate surface area is 117 Å². The Morgan fingerprint density at radius 2 is 2.33 bits per heavy atom. The zero-order valence-electron chi connectivity index (χ0n) is 11.0. The van der Waals surface area contributed by atoms with Gasteiger partial charge in [0, 0.05) is 0 Å². The number of hydrogen-bond donors (Lipinski definition) is 5. The summed E-state index contributed by atoms with van der Waals surface area (Å²) in [6.07, 6.45) is -0.956. The van der Waals surface area contributed by atoms with Crippen LogP contribution in [0, 0.1) is 0 Å². The van der Waals surface area contributed by atoms with Crippen molar-refractivity contribution in [3.8, 4) is 0 Å². The minimum absolute atomic E-state index is 0.0838. The molecule has 1 aliphatic heterocycles. The van der Waals surface area contributed by atoms with Gasteiger partial charge in [-0.05, 0) is 0 Å². The Morgan fingerprint density at radius 3 is 2.95 bits per heavy atom. The highest BCUT2D eigenvalue weighted by Gasteiger charge is 2.41. The molecule has 0 aromatic carbocycles. The minimum Gasteiger partial charge on any atom is -0.506 e. The highest BCUT2D eigenvalue weighted by molar-refractivity contribution is 5.67. The first-order valence-electron chi connectivity index (χ1n) is 6.07. The summed E-state index contributed by atoms with van der Waals surface area (Å²) >= 11 is 0. The highest BCUT2D eigenvalue weighted by atomic mass is 16.5. The molecule has 3 rings (SSSR count). The second-order valence-electron chi connectivity index (χ2n) is 4.68. The lowest BCUT2D eigenvalue weighted by Gasteiger charge is -2.12. The third-order valence-electron chi connectivity index (χ3n) is 3.31. The molecule has 3 heterocycles. The lowest BCUT2D eigenvalue weighted by Crippen LogP contribution is -2.45. The molecule has 0 aliphatic carbocycles. The molecule has 1 unspecified atom stereocenters. The summed E-state index contributed by atoms with van der Waals surface area (Å²) in [6, 6.07) is 0. The molecular weight excluding hydrogens is 282 g/mol. The van der Waals surface area contributed by atoms with E-state index in [1.165, 1.54) is 15.5 Å². The van der Waals surface area contributed by atoms with Crippen LogP contribution in [0.5, 0.6) is 0 Å². The van der Waals surface area contributed by atoms with Crippen molar-refractivity contribution in [2.75, 3.05) is 12.3 Å². The number of hydrogen-bond acceptors (Lipinski definition) is 7. The first-order chi connectivity index (χ1) is 9.93. The highest BCUT2D eigenvalue weighted by Crippen LogP contribution is 2.28. The second-order valence-corrected chi connectivity index (χ2v) is 4.68. The predicted molar refractivity (Wildman–Crippen MR) is 68.8 cm³/mol. The Balaban J connectivity index is 2.17. The number of anilines is 1. The number of aromatic amines is 1. The molecule has 1 aliphatic rings. The SMILES string of the molecule is Cn1c[n+]([C@@H]2OC(CO)=C(O)C2O)c2nc(N)[nH]c(=O)c21. The van der Waals surface area contributed by atoms with Gasteiger partial charge in [-0.25, -0.2) is 0 Å². The van der Waals surface area contributed by atoms with Crippen LogP contribution in [0.2, 0.25) is 0 Å². The maximum atomic E-state index is 11.9. The van der Waals surface area contributed by atoms with Gasteiger partial charge in [-0.1, -0.05) is 4.98 Å². The van der Waals surface area contributed by atoms with Gasteiger partial charge in [0.1, 0.15) is 6.61 Å². The van der Waals surface area contributed by atoms with Crippen LogP contribution in [0.15, 0.2) is 22.6 Å². The number of imidazole rings is 1. The largest absolute Gasteiger partial charge is 0.506 e. The van der Waals surface area contributed by atoms with Crippen molar-refractivity contribution < 1.29 is 24.6 Å². The Morgan fingerprint density at radius 1 is 1.62 bits per heavy atom. The van der Waals surface area contributed by atoms with Crippen LogP contribution in [0.4, 0.5) is 5.95 Å². The molecular formula is C11H14N5O5+. The number of H-pyrrole nitrogens is 1. The predicted octanol–water partition coefficient (Wildman–Crippen LogP) is -2.22. The van der Waals surface area contributed by atoms with Crippen LogP contribution < -0.4 is 15.9 Å². The molecule has 0 spiro atoms. The van der Waals surface area contributed by atoms with E-state index in [1.54, 1.807) is 7.05 Å². The summed E-state index contributed by atoms with van der Waals surface area (Å²) in [5.74, 6) is -0.667. The average Bonchev–Trinajstić information content (AvgIpc) is 2.89. The van der Waals surface area contributed by atoms with E-state index in [2.05, 4.69) is 9.97 Å². The lowest BCUT2D eigenvalue weighted by atomic mass is 10.2. The zero-order valence-corrected chi connectivity index (χ0v) is 11.0. The molecule has 2 atom stereocenters. The summed E-state index contributed by atoms with van der Waals surface area (Å²) in [4.78, 5) is 18.3. The number of aliphatic hydroxyl groups is 3. The molecule has 21 heavy (non-hydrogen) atoms. The van der Waals surface area contributed by atoms with Gasteiger partial charge in [-0.3, -0.25) is 14.3 Å². The normalized spacial score (nSPS) is 22.0. The molecule has 0 amide bonds. The summed E-state index contributed by atoms with van der Waals surface area (Å²) in [6.45, 7) is -0.555. The fourth-order valence-corrected chi connectivity index (χ4v) is 2.35. The number of aliphatic hydroxyl groups excluding tert-OH is 3. The van der Waals surface area contributed by atoms with Crippen molar-refractivity contribution in [2.45, 2.75) is 12.3 Å². The van der Waals surface area contributed by atoms with E-state index in [9.17, 15) is 15.0 Å². The number of nitrogens with zero attached hydrogens (tertiary/aromatic N) is 3. The van der Waals surface area contributed by atoms with Gasteiger partial charge >= 0.3 is 5.65 Å². The Bertz CT molecular complexity index is 807. The monoisotopic (exact) mass is 296 g/mol. The van der Waals surface area contributed by atoms with Gasteiger partial charge in [0.05, 0.1) is 7.05 Å². The van der Waals surface area contributed by atoms with Gasteiger partial charge in [0.2, 0.25) is 5.52 Å². The molecule has 2 aromatic heterocycles. The number of nitrogens with two attached hydrogens (primary N) is 1. The molecule has 0 saturated heterocycles. The zero-order chi connectivity index (χ0) is 15.3. The fourth-order valence-electron chi connectivity index (χ4n) is 2.35. The van der Waals surface area contributed by atoms with Crippen molar-refractivity contribution >= 4 is 17.1 Å². The number of rotatable bonds is 2. The number of aromatic nitrogens is 4. The van der Waals surface area contributed by atoms with Crippen molar-refractivity contribution in [1.82, 2.24) is 14.5 Å². The van der Waals surface area contributed by atoms with Crippen LogP contribution in [-0.2, 0) is 11.8 Å². The van der Waals surface area contributed by atoms with E-state index in [1.807, 2.05) is 0 Å². The van der Waals surface area contributed by atoms with Gasteiger partial charge in [-0.2, -0.15) is 4.57 Å². The minimum atomic E-state index is -1.38. The molecule has 112 valence electrons. The van der Waals surface area contributed by atoms with Gasteiger partial charge < -0.3 is 25.8 Å². The summed E-state index contributed by atoms with van der Waals surface area (Å²) < 4.78 is 8.16. The molecule has 0 fully saturated rings. The third-order valence-corrected chi connectivity index (χ3v) is 3.31. The molecule has 2 aromatic rings. The number of aryl methyl sites for hydroxylation is 1. The first-order valence-corrected chi connectivity index (χ1v) is 6.07. The van der Waals surface area contributed by atoms with E-state index >= 15 is 0 Å². The molecule has 0 radical (unpaired) electrons. The molecule has 10 nitrogen and oxygen atoms in total. The van der Waals surface area contributed by atoms with Gasteiger partial charge in [0.25, 0.3) is 17.7 Å². The Hall–Kier alpha value is -2.59. The van der Waals surface area contributed by atoms with E-state index in [4.69, 9.17) is 15.6 Å². The maximum absolute atomic E-state index is 11.9. The van der Waals surface area contributed by atoms with E-state index in [0.717, 1.165) is 0 Å². The number of nitrogen functional groups attached to an aromatic ring is 1. The summed E-state index contributed by atoms with van der Waals surface area (Å²) in [5.41, 5.74) is 5.51. The number of nitrogens with one attached hydrogen (secondary N) is 1.